The Labute approximate surface area is 124 Å². The van der Waals surface area contributed by atoms with E-state index in [1.54, 1.807) is 11.3 Å². The molecule has 0 saturated carbocycles. The van der Waals surface area contributed by atoms with Gasteiger partial charge in [0.25, 0.3) is 5.91 Å². The first kappa shape index (κ1) is 14.2. The number of carboxylic acids is 1. The quantitative estimate of drug-likeness (QED) is 0.684. The third kappa shape index (κ3) is 3.23. The van der Waals surface area contributed by atoms with Gasteiger partial charge in [-0.15, -0.1) is 11.3 Å². The Morgan fingerprint density at radius 2 is 2.32 bits per heavy atom. The number of amides is 1. The summed E-state index contributed by atoms with van der Waals surface area (Å²) in [5, 5.41) is 10.6. The minimum absolute atomic E-state index is 0.0995. The van der Waals surface area contributed by atoms with Crippen LogP contribution in [0.5, 0.6) is 0 Å². The molecule has 0 unspecified atom stereocenters. The van der Waals surface area contributed by atoms with Crippen LogP contribution in [0.1, 0.15) is 16.9 Å². The Hall–Kier alpha value is -1.18. The Morgan fingerprint density at radius 3 is 2.89 bits per heavy atom. The third-order valence-corrected chi connectivity index (χ3v) is 4.93. The van der Waals surface area contributed by atoms with E-state index in [1.807, 2.05) is 24.4 Å². The summed E-state index contributed by atoms with van der Waals surface area (Å²) in [4.78, 5) is 25.6. The Kier molecular flexibility index (Phi) is 4.38. The topological polar surface area (TPSA) is 57.6 Å². The van der Waals surface area contributed by atoms with Crippen LogP contribution in [0.25, 0.3) is 6.08 Å². The summed E-state index contributed by atoms with van der Waals surface area (Å²) >= 11 is 7.90. The number of rotatable bonds is 4. The molecule has 2 heterocycles. The van der Waals surface area contributed by atoms with E-state index in [2.05, 4.69) is 0 Å². The van der Waals surface area contributed by atoms with Crippen molar-refractivity contribution in [2.24, 2.45) is 0 Å². The Balaban J connectivity index is 2.16. The van der Waals surface area contributed by atoms with E-state index in [-0.39, 0.29) is 18.9 Å². The summed E-state index contributed by atoms with van der Waals surface area (Å²) in [6.45, 7) is 2.11. The van der Waals surface area contributed by atoms with Gasteiger partial charge in [0.05, 0.1) is 11.3 Å². The number of carbonyl (C=O) groups excluding carboxylic acids is 1. The summed E-state index contributed by atoms with van der Waals surface area (Å²) in [6, 6.07) is 1.99. The number of nitrogens with zero attached hydrogens (tertiary/aromatic N) is 1. The molecule has 0 aromatic carbocycles. The van der Waals surface area contributed by atoms with Crippen LogP contribution in [0, 0.1) is 6.92 Å². The fraction of sp³-hybridized carbons (Fsp3) is 0.250. The molecule has 1 N–H and O–H groups in total. The highest BCUT2D eigenvalue weighted by Crippen LogP contribution is 2.34. The van der Waals surface area contributed by atoms with E-state index in [0.717, 1.165) is 10.4 Å². The zero-order chi connectivity index (χ0) is 14.0. The van der Waals surface area contributed by atoms with Gasteiger partial charge < -0.3 is 5.11 Å². The van der Waals surface area contributed by atoms with Crippen molar-refractivity contribution in [2.45, 2.75) is 13.3 Å². The second-order valence-corrected chi connectivity index (χ2v) is 6.57. The molecule has 1 amide bonds. The standard InChI is InChI=1S/C12H11NO3S3/c1-7-3-5-18-8(7)6-9-11(16)13(12(17)19-9)4-2-10(14)15/h3,5-6H,2,4H2,1H3,(H,14,15). The molecule has 100 valence electrons. The second-order valence-electron chi connectivity index (χ2n) is 3.94. The van der Waals surface area contributed by atoms with E-state index in [4.69, 9.17) is 17.3 Å². The van der Waals surface area contributed by atoms with Crippen molar-refractivity contribution < 1.29 is 14.7 Å². The minimum atomic E-state index is -0.938. The van der Waals surface area contributed by atoms with Gasteiger partial charge in [0.1, 0.15) is 4.32 Å². The van der Waals surface area contributed by atoms with E-state index >= 15 is 0 Å². The Bertz CT molecular complexity index is 577. The lowest BCUT2D eigenvalue weighted by Gasteiger charge is -2.12. The van der Waals surface area contributed by atoms with Crippen molar-refractivity contribution in [1.82, 2.24) is 4.90 Å². The van der Waals surface area contributed by atoms with Crippen LogP contribution in [-0.4, -0.2) is 32.7 Å². The fourth-order valence-corrected chi connectivity index (χ4v) is 3.78. The highest BCUT2D eigenvalue weighted by molar-refractivity contribution is 8.26. The molecular weight excluding hydrogens is 302 g/mol. The van der Waals surface area contributed by atoms with Crippen molar-refractivity contribution in [3.8, 4) is 0 Å². The highest BCUT2D eigenvalue weighted by atomic mass is 32.2. The number of carbonyl (C=O) groups is 2. The molecule has 1 aliphatic heterocycles. The zero-order valence-corrected chi connectivity index (χ0v) is 12.5. The van der Waals surface area contributed by atoms with Crippen LogP contribution in [0.2, 0.25) is 0 Å². The van der Waals surface area contributed by atoms with Crippen LogP contribution >= 0.6 is 35.3 Å². The first-order valence-corrected chi connectivity index (χ1v) is 7.60. The van der Waals surface area contributed by atoms with Crippen LogP contribution in [-0.2, 0) is 9.59 Å². The lowest BCUT2D eigenvalue weighted by Crippen LogP contribution is -2.30. The number of aryl methyl sites for hydroxylation is 1. The van der Waals surface area contributed by atoms with Gasteiger partial charge in [0.15, 0.2) is 0 Å². The molecule has 2 rings (SSSR count). The Morgan fingerprint density at radius 1 is 1.58 bits per heavy atom. The summed E-state index contributed by atoms with van der Waals surface area (Å²) in [5.74, 6) is -1.14. The maximum atomic E-state index is 12.1. The average molecular weight is 313 g/mol. The summed E-state index contributed by atoms with van der Waals surface area (Å²) in [7, 11) is 0. The first-order chi connectivity index (χ1) is 8.99. The number of thiocarbonyl (C=S) groups is 1. The molecule has 4 nitrogen and oxygen atoms in total. The molecule has 1 aliphatic rings. The average Bonchev–Trinajstić information content (AvgIpc) is 2.84. The van der Waals surface area contributed by atoms with Crippen LogP contribution in [0.15, 0.2) is 16.4 Å². The molecule has 7 heteroatoms. The molecule has 0 bridgehead atoms. The van der Waals surface area contributed by atoms with Gasteiger partial charge in [-0.25, -0.2) is 0 Å². The van der Waals surface area contributed by atoms with Crippen molar-refractivity contribution >= 4 is 57.6 Å². The molecule has 1 saturated heterocycles. The highest BCUT2D eigenvalue weighted by Gasteiger charge is 2.32. The van der Waals surface area contributed by atoms with Crippen molar-refractivity contribution in [3.63, 3.8) is 0 Å². The van der Waals surface area contributed by atoms with Crippen molar-refractivity contribution in [2.75, 3.05) is 6.54 Å². The zero-order valence-electron chi connectivity index (χ0n) is 10.1. The maximum Gasteiger partial charge on any atom is 0.305 e. The van der Waals surface area contributed by atoms with Gasteiger partial charge in [-0.3, -0.25) is 14.5 Å². The number of carboxylic acid groups (broad SMARTS) is 1. The number of hydrogen-bond donors (Lipinski definition) is 1. The van der Waals surface area contributed by atoms with Gasteiger partial charge >= 0.3 is 5.97 Å². The molecule has 1 fully saturated rings. The summed E-state index contributed by atoms with van der Waals surface area (Å²) in [6.07, 6.45) is 1.72. The minimum Gasteiger partial charge on any atom is -0.481 e. The van der Waals surface area contributed by atoms with E-state index < -0.39 is 5.97 Å². The largest absolute Gasteiger partial charge is 0.481 e. The molecule has 0 spiro atoms. The summed E-state index contributed by atoms with van der Waals surface area (Å²) < 4.78 is 0.423. The second kappa shape index (κ2) is 5.85. The van der Waals surface area contributed by atoms with E-state index in [0.29, 0.717) is 9.23 Å². The number of thiophene rings is 1. The van der Waals surface area contributed by atoms with Crippen LogP contribution < -0.4 is 0 Å². The molecule has 0 aliphatic carbocycles. The predicted molar refractivity (Wildman–Crippen MR) is 81.2 cm³/mol. The number of hydrogen-bond acceptors (Lipinski definition) is 5. The third-order valence-electron chi connectivity index (χ3n) is 2.59. The smallest absolute Gasteiger partial charge is 0.305 e. The fourth-order valence-electron chi connectivity index (χ4n) is 1.55. The van der Waals surface area contributed by atoms with Crippen LogP contribution in [0.4, 0.5) is 0 Å². The predicted octanol–water partition coefficient (Wildman–Crippen LogP) is 2.73. The number of thioether (sulfide) groups is 1. The lowest BCUT2D eigenvalue weighted by atomic mass is 10.2. The van der Waals surface area contributed by atoms with E-state index in [1.165, 1.54) is 16.7 Å². The van der Waals surface area contributed by atoms with Gasteiger partial charge in [-0.2, -0.15) is 0 Å². The van der Waals surface area contributed by atoms with Crippen LogP contribution in [0.3, 0.4) is 0 Å². The SMILES string of the molecule is Cc1ccsc1C=C1SC(=S)N(CCC(=O)O)C1=O. The molecule has 1 aromatic rings. The maximum absolute atomic E-state index is 12.1. The van der Waals surface area contributed by atoms with Crippen molar-refractivity contribution in [3.05, 3.63) is 26.8 Å². The molecular formula is C12H11NO3S3. The molecule has 0 radical (unpaired) electrons. The van der Waals surface area contributed by atoms with Gasteiger partial charge in [-0.05, 0) is 30.0 Å². The van der Waals surface area contributed by atoms with Gasteiger partial charge in [0, 0.05) is 11.4 Å². The van der Waals surface area contributed by atoms with Gasteiger partial charge in [-0.1, -0.05) is 24.0 Å². The monoisotopic (exact) mass is 313 g/mol. The van der Waals surface area contributed by atoms with Crippen molar-refractivity contribution in [1.29, 1.82) is 0 Å². The van der Waals surface area contributed by atoms with Gasteiger partial charge in [0.2, 0.25) is 0 Å². The molecule has 19 heavy (non-hydrogen) atoms. The molecule has 0 atom stereocenters. The normalized spacial score (nSPS) is 17.5. The summed E-state index contributed by atoms with van der Waals surface area (Å²) in [5.41, 5.74) is 1.11. The van der Waals surface area contributed by atoms with E-state index in [9.17, 15) is 9.59 Å². The number of aliphatic carboxylic acids is 1. The first-order valence-electron chi connectivity index (χ1n) is 5.50. The molecule has 1 aromatic heterocycles. The lowest BCUT2D eigenvalue weighted by molar-refractivity contribution is -0.137.